The Bertz CT molecular complexity index is 386. The van der Waals surface area contributed by atoms with Gasteiger partial charge in [0.25, 0.3) is 0 Å². The lowest BCUT2D eigenvalue weighted by Gasteiger charge is -2.10. The standard InChI is InChI=1S/C15H22N2O.ClH/c1-12-2-4-13(5-3-12)6-7-15(18)17-11-14-8-9-16-10-14;/h2-5,14,16H,6-11H2,1H3,(H,17,18);1H. The highest BCUT2D eigenvalue weighted by Gasteiger charge is 2.14. The second-order valence-electron chi connectivity index (χ2n) is 5.15. The fourth-order valence-electron chi connectivity index (χ4n) is 2.25. The molecule has 1 aliphatic heterocycles. The van der Waals surface area contributed by atoms with Crippen molar-refractivity contribution in [3.8, 4) is 0 Å². The molecule has 0 bridgehead atoms. The third-order valence-electron chi connectivity index (χ3n) is 3.51. The summed E-state index contributed by atoms with van der Waals surface area (Å²) in [4.78, 5) is 11.7. The van der Waals surface area contributed by atoms with E-state index in [4.69, 9.17) is 0 Å². The van der Waals surface area contributed by atoms with E-state index in [1.54, 1.807) is 0 Å². The summed E-state index contributed by atoms with van der Waals surface area (Å²) in [6.45, 7) is 5.02. The van der Waals surface area contributed by atoms with Gasteiger partial charge in [0, 0.05) is 13.0 Å². The number of halogens is 1. The lowest BCUT2D eigenvalue weighted by molar-refractivity contribution is -0.121. The summed E-state index contributed by atoms with van der Waals surface area (Å²) in [5, 5.41) is 6.34. The molecule has 1 saturated heterocycles. The molecule has 2 rings (SSSR count). The number of carbonyl (C=O) groups excluding carboxylic acids is 1. The maximum absolute atomic E-state index is 11.7. The molecule has 2 N–H and O–H groups in total. The summed E-state index contributed by atoms with van der Waals surface area (Å²) < 4.78 is 0. The molecule has 1 aliphatic rings. The maximum atomic E-state index is 11.7. The first kappa shape index (κ1) is 16.0. The molecule has 3 nitrogen and oxygen atoms in total. The number of hydrogen-bond acceptors (Lipinski definition) is 2. The lowest BCUT2D eigenvalue weighted by atomic mass is 10.1. The van der Waals surface area contributed by atoms with Crippen LogP contribution in [0.5, 0.6) is 0 Å². The third kappa shape index (κ3) is 5.62. The van der Waals surface area contributed by atoms with E-state index in [-0.39, 0.29) is 18.3 Å². The molecule has 4 heteroatoms. The van der Waals surface area contributed by atoms with Crippen LogP contribution in [0, 0.1) is 12.8 Å². The summed E-state index contributed by atoms with van der Waals surface area (Å²) in [7, 11) is 0. The molecule has 19 heavy (non-hydrogen) atoms. The van der Waals surface area contributed by atoms with Gasteiger partial charge in [-0.25, -0.2) is 0 Å². The predicted molar refractivity (Wildman–Crippen MR) is 80.7 cm³/mol. The van der Waals surface area contributed by atoms with Gasteiger partial charge in [-0.3, -0.25) is 4.79 Å². The Morgan fingerprint density at radius 3 is 2.74 bits per heavy atom. The Labute approximate surface area is 121 Å². The molecule has 1 heterocycles. The zero-order valence-corrected chi connectivity index (χ0v) is 12.3. The second kappa shape index (κ2) is 8.18. The van der Waals surface area contributed by atoms with E-state index >= 15 is 0 Å². The van der Waals surface area contributed by atoms with Gasteiger partial charge in [-0.05, 0) is 44.3 Å². The van der Waals surface area contributed by atoms with Crippen LogP contribution in [0.2, 0.25) is 0 Å². The van der Waals surface area contributed by atoms with Crippen LogP contribution in [0.3, 0.4) is 0 Å². The van der Waals surface area contributed by atoms with E-state index < -0.39 is 0 Å². The van der Waals surface area contributed by atoms with Crippen molar-refractivity contribution in [1.82, 2.24) is 10.6 Å². The molecule has 0 spiro atoms. The van der Waals surface area contributed by atoms with Crippen molar-refractivity contribution < 1.29 is 4.79 Å². The van der Waals surface area contributed by atoms with Gasteiger partial charge < -0.3 is 10.6 Å². The molecule has 0 radical (unpaired) electrons. The summed E-state index contributed by atoms with van der Waals surface area (Å²) >= 11 is 0. The Morgan fingerprint density at radius 2 is 2.11 bits per heavy atom. The van der Waals surface area contributed by atoms with E-state index in [0.29, 0.717) is 12.3 Å². The molecule has 1 atom stereocenters. The van der Waals surface area contributed by atoms with E-state index in [9.17, 15) is 4.79 Å². The number of benzene rings is 1. The second-order valence-corrected chi connectivity index (χ2v) is 5.15. The van der Waals surface area contributed by atoms with Crippen LogP contribution in [0.25, 0.3) is 0 Å². The smallest absolute Gasteiger partial charge is 0.220 e. The highest BCUT2D eigenvalue weighted by molar-refractivity contribution is 5.85. The first-order chi connectivity index (χ1) is 8.74. The van der Waals surface area contributed by atoms with Crippen LogP contribution in [0.1, 0.15) is 24.0 Å². The minimum absolute atomic E-state index is 0. The molecular weight excluding hydrogens is 260 g/mol. The lowest BCUT2D eigenvalue weighted by Crippen LogP contribution is -2.30. The van der Waals surface area contributed by atoms with Crippen molar-refractivity contribution >= 4 is 18.3 Å². The number of nitrogens with one attached hydrogen (secondary N) is 2. The van der Waals surface area contributed by atoms with Crippen molar-refractivity contribution in [2.45, 2.75) is 26.2 Å². The minimum atomic E-state index is 0. The Hall–Kier alpha value is -1.06. The molecule has 0 aliphatic carbocycles. The average molecular weight is 283 g/mol. The predicted octanol–water partition coefficient (Wildman–Crippen LogP) is 2.08. The van der Waals surface area contributed by atoms with Gasteiger partial charge in [-0.15, -0.1) is 12.4 Å². The molecular formula is C15H23ClN2O. The summed E-state index contributed by atoms with van der Waals surface area (Å²) in [5.74, 6) is 0.788. The first-order valence-corrected chi connectivity index (χ1v) is 6.77. The van der Waals surface area contributed by atoms with E-state index in [2.05, 4.69) is 41.8 Å². The fourth-order valence-corrected chi connectivity index (χ4v) is 2.25. The van der Waals surface area contributed by atoms with Crippen molar-refractivity contribution in [2.75, 3.05) is 19.6 Å². The van der Waals surface area contributed by atoms with Crippen LogP contribution < -0.4 is 10.6 Å². The monoisotopic (exact) mass is 282 g/mol. The highest BCUT2D eigenvalue weighted by atomic mass is 35.5. The SMILES string of the molecule is Cc1ccc(CCC(=O)NCC2CCNC2)cc1.Cl. The summed E-state index contributed by atoms with van der Waals surface area (Å²) in [6, 6.07) is 8.39. The zero-order valence-electron chi connectivity index (χ0n) is 11.4. The van der Waals surface area contributed by atoms with Gasteiger partial charge in [-0.2, -0.15) is 0 Å². The van der Waals surface area contributed by atoms with Gasteiger partial charge in [0.05, 0.1) is 0 Å². The Balaban J connectivity index is 0.00000180. The first-order valence-electron chi connectivity index (χ1n) is 6.77. The molecule has 106 valence electrons. The van der Waals surface area contributed by atoms with E-state index in [1.807, 2.05) is 0 Å². The third-order valence-corrected chi connectivity index (χ3v) is 3.51. The Kier molecular flexibility index (Phi) is 6.89. The summed E-state index contributed by atoms with van der Waals surface area (Å²) in [5.41, 5.74) is 2.50. The number of rotatable bonds is 5. The molecule has 0 aromatic heterocycles. The normalized spacial score (nSPS) is 17.8. The number of amides is 1. The fraction of sp³-hybridized carbons (Fsp3) is 0.533. The van der Waals surface area contributed by atoms with Crippen molar-refractivity contribution in [2.24, 2.45) is 5.92 Å². The highest BCUT2D eigenvalue weighted by Crippen LogP contribution is 2.07. The average Bonchev–Trinajstić information content (AvgIpc) is 2.89. The van der Waals surface area contributed by atoms with Gasteiger partial charge in [0.2, 0.25) is 5.91 Å². The maximum Gasteiger partial charge on any atom is 0.220 e. The van der Waals surface area contributed by atoms with Crippen molar-refractivity contribution in [3.63, 3.8) is 0 Å². The molecule has 0 saturated carbocycles. The van der Waals surface area contributed by atoms with Crippen molar-refractivity contribution in [1.29, 1.82) is 0 Å². The number of hydrogen-bond donors (Lipinski definition) is 2. The van der Waals surface area contributed by atoms with Crippen molar-refractivity contribution in [3.05, 3.63) is 35.4 Å². The quantitative estimate of drug-likeness (QED) is 0.868. The topological polar surface area (TPSA) is 41.1 Å². The van der Waals surface area contributed by atoms with E-state index in [1.165, 1.54) is 17.5 Å². The number of aryl methyl sites for hydroxylation is 2. The van der Waals surface area contributed by atoms with Gasteiger partial charge in [0.15, 0.2) is 0 Å². The van der Waals surface area contributed by atoms with E-state index in [0.717, 1.165) is 26.1 Å². The van der Waals surface area contributed by atoms with Gasteiger partial charge in [0.1, 0.15) is 0 Å². The zero-order chi connectivity index (χ0) is 12.8. The molecule has 1 aromatic carbocycles. The molecule has 1 unspecified atom stereocenters. The molecule has 1 fully saturated rings. The van der Waals surface area contributed by atoms with Crippen LogP contribution in [-0.2, 0) is 11.2 Å². The van der Waals surface area contributed by atoms with Gasteiger partial charge >= 0.3 is 0 Å². The van der Waals surface area contributed by atoms with Crippen LogP contribution >= 0.6 is 12.4 Å². The minimum Gasteiger partial charge on any atom is -0.356 e. The van der Waals surface area contributed by atoms with Crippen LogP contribution in [0.4, 0.5) is 0 Å². The molecule has 1 amide bonds. The Morgan fingerprint density at radius 1 is 1.37 bits per heavy atom. The van der Waals surface area contributed by atoms with Crippen LogP contribution in [0.15, 0.2) is 24.3 Å². The van der Waals surface area contributed by atoms with Gasteiger partial charge in [-0.1, -0.05) is 29.8 Å². The van der Waals surface area contributed by atoms with Crippen LogP contribution in [-0.4, -0.2) is 25.5 Å². The summed E-state index contributed by atoms with van der Waals surface area (Å²) in [6.07, 6.45) is 2.59. The number of carbonyl (C=O) groups is 1. The largest absolute Gasteiger partial charge is 0.356 e. The molecule has 1 aromatic rings.